The molecule has 4 rings (SSSR count). The Labute approximate surface area is 146 Å². The Bertz CT molecular complexity index is 977. The predicted octanol–water partition coefficient (Wildman–Crippen LogP) is 3.68. The summed E-state index contributed by atoms with van der Waals surface area (Å²) in [6.45, 7) is 4.37. The summed E-state index contributed by atoms with van der Waals surface area (Å²) in [7, 11) is 0. The average molecular weight is 332 g/mol. The smallest absolute Gasteiger partial charge is 0.142 e. The number of para-hydroxylation sites is 1. The zero-order chi connectivity index (χ0) is 17.4. The number of rotatable bonds is 3. The summed E-state index contributed by atoms with van der Waals surface area (Å²) in [5, 5.41) is 10.7. The Balaban J connectivity index is 1.93. The lowest BCUT2D eigenvalue weighted by atomic mass is 9.93. The van der Waals surface area contributed by atoms with E-state index >= 15 is 0 Å². The topological polar surface area (TPSA) is 76.9 Å². The first-order chi connectivity index (χ1) is 12.2. The van der Waals surface area contributed by atoms with E-state index in [2.05, 4.69) is 40.9 Å². The molecular weight excluding hydrogens is 312 g/mol. The molecule has 5 nitrogen and oxygen atoms in total. The number of fused-ring (bicyclic) bond motifs is 1. The highest BCUT2D eigenvalue weighted by atomic mass is 16.5. The molecule has 1 saturated heterocycles. The number of aromatic nitrogens is 2. The molecule has 0 bridgehead atoms. The van der Waals surface area contributed by atoms with E-state index in [9.17, 15) is 5.26 Å². The van der Waals surface area contributed by atoms with E-state index in [1.165, 1.54) is 5.52 Å². The van der Waals surface area contributed by atoms with Crippen LogP contribution in [0.2, 0.25) is 0 Å². The molecule has 1 atom stereocenters. The van der Waals surface area contributed by atoms with Crippen LogP contribution in [-0.2, 0) is 11.3 Å². The van der Waals surface area contributed by atoms with E-state index in [1.807, 2.05) is 18.2 Å². The number of ether oxygens (including phenoxy) is 1. The molecule has 0 spiro atoms. The first-order valence-electron chi connectivity index (χ1n) is 8.59. The van der Waals surface area contributed by atoms with Gasteiger partial charge < -0.3 is 15.0 Å². The Morgan fingerprint density at radius 2 is 2.24 bits per heavy atom. The maximum Gasteiger partial charge on any atom is 0.142 e. The standard InChI is InChI=1S/C20H20N4O/c1-2-24-11-17(14-5-3-4-6-19(14)24)18-9-15(13-7-8-25-12-13)16(10-21)20(22)23-18/h3-6,9,11,13H,2,7-8,12H2,1H3,(H2,22,23)/t13-/m1/s1. The fourth-order valence-electron chi connectivity index (χ4n) is 3.66. The van der Waals surface area contributed by atoms with Crippen molar-refractivity contribution in [2.24, 2.45) is 0 Å². The highest BCUT2D eigenvalue weighted by molar-refractivity contribution is 5.95. The van der Waals surface area contributed by atoms with Crippen LogP contribution >= 0.6 is 0 Å². The first-order valence-corrected chi connectivity index (χ1v) is 8.59. The molecule has 3 aromatic rings. The van der Waals surface area contributed by atoms with Gasteiger partial charge in [-0.3, -0.25) is 0 Å². The third kappa shape index (κ3) is 2.55. The fraction of sp³-hybridized carbons (Fsp3) is 0.300. The molecule has 2 N–H and O–H groups in total. The molecule has 0 amide bonds. The first kappa shape index (κ1) is 15.7. The zero-order valence-electron chi connectivity index (χ0n) is 14.2. The molecule has 1 aliphatic heterocycles. The number of nitriles is 1. The highest BCUT2D eigenvalue weighted by Gasteiger charge is 2.24. The van der Waals surface area contributed by atoms with Crippen LogP contribution in [0.4, 0.5) is 5.82 Å². The zero-order valence-corrected chi connectivity index (χ0v) is 14.2. The molecule has 2 aromatic heterocycles. The van der Waals surface area contributed by atoms with Crippen molar-refractivity contribution < 1.29 is 4.74 Å². The molecular formula is C20H20N4O. The molecule has 25 heavy (non-hydrogen) atoms. The average Bonchev–Trinajstić information content (AvgIpc) is 3.29. The third-order valence-corrected chi connectivity index (χ3v) is 4.96. The van der Waals surface area contributed by atoms with Crippen LogP contribution < -0.4 is 5.73 Å². The minimum Gasteiger partial charge on any atom is -0.383 e. The normalized spacial score (nSPS) is 17.0. The molecule has 3 heterocycles. The van der Waals surface area contributed by atoms with Crippen molar-refractivity contribution in [1.29, 1.82) is 5.26 Å². The highest BCUT2D eigenvalue weighted by Crippen LogP contribution is 2.36. The second kappa shape index (κ2) is 6.23. The predicted molar refractivity (Wildman–Crippen MR) is 98.1 cm³/mol. The number of anilines is 1. The van der Waals surface area contributed by atoms with Crippen molar-refractivity contribution in [2.75, 3.05) is 18.9 Å². The van der Waals surface area contributed by atoms with Gasteiger partial charge in [-0.25, -0.2) is 4.98 Å². The Morgan fingerprint density at radius 1 is 1.40 bits per heavy atom. The van der Waals surface area contributed by atoms with Crippen LogP contribution in [-0.4, -0.2) is 22.8 Å². The van der Waals surface area contributed by atoms with Crippen LogP contribution in [0.3, 0.4) is 0 Å². The maximum absolute atomic E-state index is 9.52. The van der Waals surface area contributed by atoms with Crippen molar-refractivity contribution in [2.45, 2.75) is 25.8 Å². The molecule has 1 aromatic carbocycles. The van der Waals surface area contributed by atoms with Crippen molar-refractivity contribution in [3.8, 4) is 17.3 Å². The summed E-state index contributed by atoms with van der Waals surface area (Å²) in [5.41, 5.74) is 10.6. The van der Waals surface area contributed by atoms with E-state index in [4.69, 9.17) is 10.5 Å². The number of nitrogens with zero attached hydrogens (tertiary/aromatic N) is 3. The van der Waals surface area contributed by atoms with E-state index in [1.54, 1.807) is 0 Å². The van der Waals surface area contributed by atoms with Gasteiger partial charge in [-0.05, 0) is 31.0 Å². The Kier molecular flexibility index (Phi) is 3.90. The monoisotopic (exact) mass is 332 g/mol. The lowest BCUT2D eigenvalue weighted by molar-refractivity contribution is 0.194. The van der Waals surface area contributed by atoms with Gasteiger partial charge in [0.2, 0.25) is 0 Å². The van der Waals surface area contributed by atoms with Gasteiger partial charge in [0.1, 0.15) is 11.9 Å². The number of nitrogens with two attached hydrogens (primary N) is 1. The summed E-state index contributed by atoms with van der Waals surface area (Å²) in [5.74, 6) is 0.508. The van der Waals surface area contributed by atoms with Gasteiger partial charge in [-0.15, -0.1) is 0 Å². The Morgan fingerprint density at radius 3 is 2.96 bits per heavy atom. The summed E-state index contributed by atoms with van der Waals surface area (Å²) in [4.78, 5) is 4.55. The molecule has 1 aliphatic rings. The van der Waals surface area contributed by atoms with Crippen LogP contribution in [0.1, 0.15) is 30.4 Å². The second-order valence-corrected chi connectivity index (χ2v) is 6.38. The number of hydrogen-bond donors (Lipinski definition) is 1. The minimum atomic E-state index is 0.207. The molecule has 0 radical (unpaired) electrons. The van der Waals surface area contributed by atoms with Crippen molar-refractivity contribution in [1.82, 2.24) is 9.55 Å². The Hall–Kier alpha value is -2.84. The molecule has 0 aliphatic carbocycles. The molecule has 5 heteroatoms. The summed E-state index contributed by atoms with van der Waals surface area (Å²) < 4.78 is 7.72. The summed E-state index contributed by atoms with van der Waals surface area (Å²) >= 11 is 0. The number of aryl methyl sites for hydroxylation is 1. The van der Waals surface area contributed by atoms with Crippen LogP contribution in [0, 0.1) is 11.3 Å². The third-order valence-electron chi connectivity index (χ3n) is 4.96. The molecule has 0 unspecified atom stereocenters. The van der Waals surface area contributed by atoms with E-state index in [0.29, 0.717) is 18.0 Å². The molecule has 126 valence electrons. The number of nitrogen functional groups attached to an aromatic ring is 1. The largest absolute Gasteiger partial charge is 0.383 e. The van der Waals surface area contributed by atoms with Gasteiger partial charge in [0, 0.05) is 41.7 Å². The summed E-state index contributed by atoms with van der Waals surface area (Å²) in [6, 6.07) is 12.5. The van der Waals surface area contributed by atoms with Crippen molar-refractivity contribution >= 4 is 16.7 Å². The minimum absolute atomic E-state index is 0.207. The SMILES string of the molecule is CCn1cc(-c2cc([C@@H]3CCOC3)c(C#N)c(N)n2)c2ccccc21. The lowest BCUT2D eigenvalue weighted by Crippen LogP contribution is -2.06. The van der Waals surface area contributed by atoms with E-state index in [0.717, 1.165) is 41.8 Å². The number of pyridine rings is 1. The fourth-order valence-corrected chi connectivity index (χ4v) is 3.66. The van der Waals surface area contributed by atoms with E-state index in [-0.39, 0.29) is 5.92 Å². The van der Waals surface area contributed by atoms with Gasteiger partial charge >= 0.3 is 0 Å². The maximum atomic E-state index is 9.52. The van der Waals surface area contributed by atoms with E-state index < -0.39 is 0 Å². The van der Waals surface area contributed by atoms with Gasteiger partial charge in [-0.2, -0.15) is 5.26 Å². The van der Waals surface area contributed by atoms with Gasteiger partial charge in [0.05, 0.1) is 17.9 Å². The van der Waals surface area contributed by atoms with Crippen molar-refractivity contribution in [3.05, 3.63) is 47.7 Å². The summed E-state index contributed by atoms with van der Waals surface area (Å²) in [6.07, 6.45) is 3.03. The van der Waals surface area contributed by atoms with Crippen LogP contribution in [0.15, 0.2) is 36.5 Å². The second-order valence-electron chi connectivity index (χ2n) is 6.38. The quantitative estimate of drug-likeness (QED) is 0.793. The van der Waals surface area contributed by atoms with Crippen LogP contribution in [0.5, 0.6) is 0 Å². The van der Waals surface area contributed by atoms with Crippen LogP contribution in [0.25, 0.3) is 22.2 Å². The number of benzene rings is 1. The molecule has 0 saturated carbocycles. The number of hydrogen-bond acceptors (Lipinski definition) is 4. The van der Waals surface area contributed by atoms with Gasteiger partial charge in [0.15, 0.2) is 0 Å². The van der Waals surface area contributed by atoms with Gasteiger partial charge in [0.25, 0.3) is 0 Å². The molecule has 1 fully saturated rings. The van der Waals surface area contributed by atoms with Crippen molar-refractivity contribution in [3.63, 3.8) is 0 Å². The van der Waals surface area contributed by atoms with Gasteiger partial charge in [-0.1, -0.05) is 18.2 Å². The lowest BCUT2D eigenvalue weighted by Gasteiger charge is -2.13.